The van der Waals surface area contributed by atoms with Gasteiger partial charge in [0, 0.05) is 27.1 Å². The molecule has 0 aliphatic heterocycles. The molecular formula is C19H10Cl4N2O2S. The summed E-state index contributed by atoms with van der Waals surface area (Å²) in [6.45, 7) is 0.287. The van der Waals surface area contributed by atoms with Crippen LogP contribution in [0.2, 0.25) is 20.1 Å². The molecule has 0 N–H and O–H groups in total. The predicted octanol–water partition coefficient (Wildman–Crippen LogP) is 7.66. The second kappa shape index (κ2) is 8.31. The van der Waals surface area contributed by atoms with Crippen LogP contribution in [0.1, 0.15) is 5.01 Å². The lowest BCUT2D eigenvalue weighted by Crippen LogP contribution is -1.94. The van der Waals surface area contributed by atoms with Crippen LogP contribution in [0.25, 0.3) is 22.7 Å². The third kappa shape index (κ3) is 4.45. The van der Waals surface area contributed by atoms with Gasteiger partial charge in [-0.2, -0.15) is 0 Å². The molecule has 142 valence electrons. The van der Waals surface area contributed by atoms with Gasteiger partial charge in [0.15, 0.2) is 5.76 Å². The summed E-state index contributed by atoms with van der Waals surface area (Å²) in [6.07, 6.45) is 0. The molecule has 4 nitrogen and oxygen atoms in total. The lowest BCUT2D eigenvalue weighted by atomic mass is 10.1. The SMILES string of the molecule is Clc1cc(Cl)cc(OCc2nc(-c3cc(-c4ccc(Cl)c(Cl)c4)no3)cs2)c1. The van der Waals surface area contributed by atoms with E-state index in [1.165, 1.54) is 11.3 Å². The Balaban J connectivity index is 1.48. The number of thiazole rings is 1. The number of hydrogen-bond acceptors (Lipinski definition) is 5. The van der Waals surface area contributed by atoms with Crippen molar-refractivity contribution in [1.29, 1.82) is 0 Å². The summed E-state index contributed by atoms with van der Waals surface area (Å²) >= 11 is 25.4. The summed E-state index contributed by atoms with van der Waals surface area (Å²) in [5.41, 5.74) is 2.13. The van der Waals surface area contributed by atoms with E-state index in [4.69, 9.17) is 55.7 Å². The van der Waals surface area contributed by atoms with Gasteiger partial charge in [-0.3, -0.25) is 0 Å². The van der Waals surface area contributed by atoms with Gasteiger partial charge in [0.2, 0.25) is 0 Å². The van der Waals surface area contributed by atoms with Gasteiger partial charge in [-0.1, -0.05) is 57.6 Å². The van der Waals surface area contributed by atoms with Gasteiger partial charge in [-0.05, 0) is 30.3 Å². The molecule has 0 bridgehead atoms. The molecule has 2 heterocycles. The molecule has 4 rings (SSSR count). The Morgan fingerprint density at radius 1 is 0.893 bits per heavy atom. The number of benzene rings is 2. The molecule has 0 aliphatic carbocycles. The number of nitrogens with zero attached hydrogens (tertiary/aromatic N) is 2. The van der Waals surface area contributed by atoms with E-state index in [0.29, 0.717) is 43.0 Å². The average molecular weight is 472 g/mol. The largest absolute Gasteiger partial charge is 0.486 e. The molecule has 28 heavy (non-hydrogen) atoms. The maximum absolute atomic E-state index is 6.06. The average Bonchev–Trinajstić information content (AvgIpc) is 3.30. The number of hydrogen-bond donors (Lipinski definition) is 0. The highest BCUT2D eigenvalue weighted by molar-refractivity contribution is 7.09. The van der Waals surface area contributed by atoms with Gasteiger partial charge in [0.05, 0.1) is 10.0 Å². The van der Waals surface area contributed by atoms with Crippen molar-refractivity contribution in [3.05, 3.63) is 72.9 Å². The van der Waals surface area contributed by atoms with Gasteiger partial charge in [0.25, 0.3) is 0 Å². The Morgan fingerprint density at radius 2 is 1.68 bits per heavy atom. The standard InChI is InChI=1S/C19H10Cl4N2O2S/c20-11-4-12(21)6-13(5-11)26-8-19-24-17(9-28-19)18-7-16(25-27-18)10-1-2-14(22)15(23)3-10/h1-7,9H,8H2. The van der Waals surface area contributed by atoms with Gasteiger partial charge in [-0.25, -0.2) is 4.98 Å². The lowest BCUT2D eigenvalue weighted by Gasteiger charge is -2.04. The van der Waals surface area contributed by atoms with Gasteiger partial charge in [0.1, 0.15) is 28.8 Å². The molecule has 2 aromatic carbocycles. The van der Waals surface area contributed by atoms with Gasteiger partial charge >= 0.3 is 0 Å². The van der Waals surface area contributed by atoms with E-state index in [2.05, 4.69) is 10.1 Å². The Labute approximate surface area is 184 Å². The van der Waals surface area contributed by atoms with Crippen LogP contribution in [0.5, 0.6) is 5.75 Å². The summed E-state index contributed by atoms with van der Waals surface area (Å²) in [7, 11) is 0. The second-order valence-corrected chi connectivity index (χ2v) is 8.36. The minimum atomic E-state index is 0.287. The van der Waals surface area contributed by atoms with Crippen LogP contribution in [-0.2, 0) is 6.61 Å². The summed E-state index contributed by atoms with van der Waals surface area (Å²) in [5.74, 6) is 1.13. The normalized spacial score (nSPS) is 11.0. The van der Waals surface area contributed by atoms with E-state index in [0.717, 1.165) is 10.6 Å². The fourth-order valence-corrected chi connectivity index (χ4v) is 3.93. The molecule has 0 atom stereocenters. The summed E-state index contributed by atoms with van der Waals surface area (Å²) in [4.78, 5) is 4.53. The van der Waals surface area contributed by atoms with E-state index >= 15 is 0 Å². The molecule has 0 unspecified atom stereocenters. The van der Waals surface area contributed by atoms with Crippen molar-refractivity contribution in [1.82, 2.24) is 10.1 Å². The molecule has 0 aliphatic rings. The quantitative estimate of drug-likeness (QED) is 0.299. The van der Waals surface area contributed by atoms with Crippen LogP contribution < -0.4 is 4.74 Å². The Hall–Kier alpha value is -1.76. The number of rotatable bonds is 5. The van der Waals surface area contributed by atoms with Crippen molar-refractivity contribution in [3.8, 4) is 28.5 Å². The molecule has 0 fully saturated rings. The summed E-state index contributed by atoms with van der Waals surface area (Å²) in [6, 6.07) is 12.1. The fourth-order valence-electron chi connectivity index (χ4n) is 2.43. The molecule has 0 saturated carbocycles. The van der Waals surface area contributed by atoms with Crippen LogP contribution in [0.3, 0.4) is 0 Å². The molecule has 2 aromatic heterocycles. The predicted molar refractivity (Wildman–Crippen MR) is 114 cm³/mol. The van der Waals surface area contributed by atoms with Crippen LogP contribution >= 0.6 is 57.7 Å². The van der Waals surface area contributed by atoms with Crippen LogP contribution in [-0.4, -0.2) is 10.1 Å². The minimum absolute atomic E-state index is 0.287. The fraction of sp³-hybridized carbons (Fsp3) is 0.0526. The molecule has 0 radical (unpaired) electrons. The molecular weight excluding hydrogens is 462 g/mol. The van der Waals surface area contributed by atoms with Crippen molar-refractivity contribution in [2.45, 2.75) is 6.61 Å². The van der Waals surface area contributed by atoms with E-state index in [9.17, 15) is 0 Å². The van der Waals surface area contributed by atoms with Crippen molar-refractivity contribution in [3.63, 3.8) is 0 Å². The summed E-state index contributed by atoms with van der Waals surface area (Å²) < 4.78 is 11.1. The third-order valence-corrected chi connectivity index (χ3v) is 5.73. The van der Waals surface area contributed by atoms with Crippen molar-refractivity contribution < 1.29 is 9.26 Å². The Bertz CT molecular complexity index is 1120. The zero-order chi connectivity index (χ0) is 19.7. The number of halogens is 4. The van der Waals surface area contributed by atoms with Crippen molar-refractivity contribution >= 4 is 57.7 Å². The maximum Gasteiger partial charge on any atom is 0.186 e. The molecule has 0 saturated heterocycles. The molecule has 0 spiro atoms. The van der Waals surface area contributed by atoms with Crippen molar-refractivity contribution in [2.75, 3.05) is 0 Å². The monoisotopic (exact) mass is 470 g/mol. The van der Waals surface area contributed by atoms with Crippen LogP contribution in [0.15, 0.2) is 52.4 Å². The van der Waals surface area contributed by atoms with E-state index in [-0.39, 0.29) is 6.61 Å². The Morgan fingerprint density at radius 3 is 2.43 bits per heavy atom. The highest BCUT2D eigenvalue weighted by atomic mass is 35.5. The number of aromatic nitrogens is 2. The van der Waals surface area contributed by atoms with Crippen LogP contribution in [0.4, 0.5) is 0 Å². The first-order valence-corrected chi connectivity index (χ1v) is 10.3. The van der Waals surface area contributed by atoms with Crippen LogP contribution in [0, 0.1) is 0 Å². The van der Waals surface area contributed by atoms with E-state index < -0.39 is 0 Å². The summed E-state index contributed by atoms with van der Waals surface area (Å²) in [5, 5.41) is 8.70. The third-order valence-electron chi connectivity index (χ3n) is 3.73. The van der Waals surface area contributed by atoms with Crippen molar-refractivity contribution in [2.24, 2.45) is 0 Å². The lowest BCUT2D eigenvalue weighted by molar-refractivity contribution is 0.305. The zero-order valence-electron chi connectivity index (χ0n) is 14.0. The first kappa shape index (κ1) is 19.6. The van der Waals surface area contributed by atoms with Gasteiger partial charge in [-0.15, -0.1) is 11.3 Å². The first-order valence-electron chi connectivity index (χ1n) is 7.94. The second-order valence-electron chi connectivity index (χ2n) is 5.73. The zero-order valence-corrected chi connectivity index (χ0v) is 17.8. The minimum Gasteiger partial charge on any atom is -0.486 e. The highest BCUT2D eigenvalue weighted by Crippen LogP contribution is 2.31. The molecule has 9 heteroatoms. The first-order chi connectivity index (χ1) is 13.5. The topological polar surface area (TPSA) is 48.2 Å². The van der Waals surface area contributed by atoms with E-state index in [1.807, 2.05) is 11.4 Å². The van der Waals surface area contributed by atoms with E-state index in [1.54, 1.807) is 36.4 Å². The molecule has 4 aromatic rings. The maximum atomic E-state index is 6.06. The Kier molecular flexibility index (Phi) is 5.80. The number of ether oxygens (including phenoxy) is 1. The molecule has 0 amide bonds. The van der Waals surface area contributed by atoms with Gasteiger partial charge < -0.3 is 9.26 Å². The highest BCUT2D eigenvalue weighted by Gasteiger charge is 2.13. The smallest absolute Gasteiger partial charge is 0.186 e.